The third-order valence-electron chi connectivity index (χ3n) is 7.17. The van der Waals surface area contributed by atoms with Crippen molar-refractivity contribution in [3.05, 3.63) is 38.9 Å². The van der Waals surface area contributed by atoms with Crippen LogP contribution in [0.3, 0.4) is 0 Å². The molecule has 37 heavy (non-hydrogen) atoms. The van der Waals surface area contributed by atoms with Crippen LogP contribution in [0.2, 0.25) is 0 Å². The number of rotatable bonds is 11. The molecule has 1 aliphatic rings. The van der Waals surface area contributed by atoms with Gasteiger partial charge >= 0.3 is 13.3 Å². The average molecular weight is 546 g/mol. The van der Waals surface area contributed by atoms with Gasteiger partial charge in [0.1, 0.15) is 17.9 Å². The number of hydrogen-bond donors (Lipinski definition) is 5. The van der Waals surface area contributed by atoms with E-state index in [1.165, 1.54) is 17.8 Å². The first-order valence-electron chi connectivity index (χ1n) is 12.3. The van der Waals surface area contributed by atoms with Gasteiger partial charge in [-0.3, -0.25) is 23.4 Å². The van der Waals surface area contributed by atoms with E-state index in [2.05, 4.69) is 15.3 Å². The molecule has 0 spiro atoms. The monoisotopic (exact) mass is 545 g/mol. The third-order valence-corrected chi connectivity index (χ3v) is 9.34. The zero-order valence-electron chi connectivity index (χ0n) is 21.6. The highest BCUT2D eigenvalue weighted by Crippen LogP contribution is 2.59. The van der Waals surface area contributed by atoms with E-state index in [1.54, 1.807) is 20.8 Å². The molecule has 5 N–H and O–H groups in total. The van der Waals surface area contributed by atoms with Crippen molar-refractivity contribution in [3.8, 4) is 5.69 Å². The van der Waals surface area contributed by atoms with Crippen LogP contribution in [0.5, 0.6) is 0 Å². The Morgan fingerprint density at radius 3 is 2.32 bits per heavy atom. The fourth-order valence-corrected chi connectivity index (χ4v) is 5.62. The molecular weight excluding hydrogens is 509 g/mol. The van der Waals surface area contributed by atoms with Crippen molar-refractivity contribution in [3.63, 3.8) is 0 Å². The Labute approximate surface area is 213 Å². The molecule has 0 aromatic carbocycles. The lowest BCUT2D eigenvalue weighted by Crippen LogP contribution is -2.41. The Kier molecular flexibility index (Phi) is 8.64. The number of hydrogen-bond acceptors (Lipinski definition) is 10. The Bertz CT molecular complexity index is 1250. The van der Waals surface area contributed by atoms with E-state index >= 15 is 0 Å². The van der Waals surface area contributed by atoms with Crippen molar-refractivity contribution in [2.45, 2.75) is 102 Å². The van der Waals surface area contributed by atoms with Crippen LogP contribution in [0, 0.1) is 0 Å². The van der Waals surface area contributed by atoms with Crippen molar-refractivity contribution in [1.29, 1.82) is 0 Å². The van der Waals surface area contributed by atoms with E-state index in [1.807, 2.05) is 6.92 Å². The van der Waals surface area contributed by atoms with E-state index < -0.39 is 54.3 Å². The smallest absolute Gasteiger partial charge is 0.359 e. The first kappa shape index (κ1) is 29.4. The second-order valence-electron chi connectivity index (χ2n) is 9.51. The number of ether oxygens (including phenoxy) is 1. The lowest BCUT2D eigenvalue weighted by Gasteiger charge is -2.39. The minimum Gasteiger partial charge on any atom is -0.388 e. The van der Waals surface area contributed by atoms with Crippen LogP contribution in [-0.2, 0) is 20.2 Å². The molecule has 6 atom stereocenters. The molecule has 0 amide bonds. The standard InChI is InChI=1S/C22H36N5O9P/c1-6-13-11-27(25-24-13)14-12-26(20(31)23-18(14)30)19-17(29)16(28)15(35-19)10-22(8-3,9-4)36-37(33,34)21(5,32)7-2/h11-12,15-17,19,28-29,32H,6-10H2,1-5H3,(H,33,34)(H,23,30,31). The highest BCUT2D eigenvalue weighted by atomic mass is 31.2. The van der Waals surface area contributed by atoms with Gasteiger partial charge in [-0.15, -0.1) is 5.10 Å². The van der Waals surface area contributed by atoms with Gasteiger partial charge in [0, 0.05) is 12.6 Å². The molecule has 14 nitrogen and oxygen atoms in total. The highest BCUT2D eigenvalue weighted by molar-refractivity contribution is 7.54. The van der Waals surface area contributed by atoms with E-state index in [0.29, 0.717) is 12.1 Å². The van der Waals surface area contributed by atoms with Crippen LogP contribution in [0.15, 0.2) is 22.0 Å². The predicted octanol–water partition coefficient (Wildman–Crippen LogP) is 0.568. The van der Waals surface area contributed by atoms with Gasteiger partial charge in [0.05, 0.1) is 23.6 Å². The minimum absolute atomic E-state index is 0.0311. The Morgan fingerprint density at radius 2 is 1.78 bits per heavy atom. The van der Waals surface area contributed by atoms with Crippen molar-refractivity contribution in [1.82, 2.24) is 24.5 Å². The first-order valence-corrected chi connectivity index (χ1v) is 13.9. The SMILES string of the molecule is CCc1cn(-c2cn(C3OC(CC(CC)(CC)OP(=O)(O)C(C)(O)CC)C(O)C3O)c(=O)[nH]c2=O)nn1. The number of H-pyrrole nitrogens is 1. The molecule has 1 saturated heterocycles. The van der Waals surface area contributed by atoms with Gasteiger partial charge in [0.2, 0.25) is 0 Å². The molecule has 1 aliphatic heterocycles. The molecule has 3 heterocycles. The molecule has 1 fully saturated rings. The summed E-state index contributed by atoms with van der Waals surface area (Å²) in [5.74, 6) is 0. The molecule has 0 bridgehead atoms. The molecule has 15 heteroatoms. The third kappa shape index (κ3) is 5.65. The molecule has 2 aromatic rings. The van der Waals surface area contributed by atoms with Crippen LogP contribution < -0.4 is 11.2 Å². The molecule has 208 valence electrons. The summed E-state index contributed by atoms with van der Waals surface area (Å²) in [6, 6.07) is 0. The van der Waals surface area contributed by atoms with Crippen LogP contribution in [0.25, 0.3) is 5.69 Å². The quantitative estimate of drug-likeness (QED) is 0.247. The zero-order chi connectivity index (χ0) is 27.8. The van der Waals surface area contributed by atoms with Crippen molar-refractivity contribution < 1.29 is 34.0 Å². The lowest BCUT2D eigenvalue weighted by molar-refractivity contribution is -0.0775. The molecule has 0 saturated carbocycles. The summed E-state index contributed by atoms with van der Waals surface area (Å²) in [5.41, 5.74) is -2.34. The maximum atomic E-state index is 12.9. The lowest BCUT2D eigenvalue weighted by atomic mass is 9.88. The van der Waals surface area contributed by atoms with Crippen LogP contribution in [-0.4, -0.2) is 74.0 Å². The summed E-state index contributed by atoms with van der Waals surface area (Å²) >= 11 is 0. The number of nitrogens with zero attached hydrogens (tertiary/aromatic N) is 4. The minimum atomic E-state index is -4.52. The zero-order valence-corrected chi connectivity index (χ0v) is 22.5. The average Bonchev–Trinajstić information content (AvgIpc) is 3.44. The number of aryl methyl sites for hydroxylation is 1. The van der Waals surface area contributed by atoms with Gasteiger partial charge in [-0.25, -0.2) is 9.48 Å². The largest absolute Gasteiger partial charge is 0.388 e. The van der Waals surface area contributed by atoms with Gasteiger partial charge in [-0.2, -0.15) is 0 Å². The first-order chi connectivity index (χ1) is 17.2. The number of aromatic nitrogens is 5. The van der Waals surface area contributed by atoms with Crippen LogP contribution >= 0.6 is 7.60 Å². The van der Waals surface area contributed by atoms with Gasteiger partial charge in [0.25, 0.3) is 5.56 Å². The molecular formula is C22H36N5O9P. The molecule has 0 radical (unpaired) electrons. The van der Waals surface area contributed by atoms with Gasteiger partial charge in [-0.05, 0) is 32.6 Å². The Morgan fingerprint density at radius 1 is 1.14 bits per heavy atom. The predicted molar refractivity (Wildman–Crippen MR) is 131 cm³/mol. The summed E-state index contributed by atoms with van der Waals surface area (Å²) in [4.78, 5) is 37.7. The van der Waals surface area contributed by atoms with Gasteiger partial charge < -0.3 is 24.9 Å². The fourth-order valence-electron chi connectivity index (χ4n) is 4.17. The van der Waals surface area contributed by atoms with Gasteiger partial charge in [-0.1, -0.05) is 32.9 Å². The van der Waals surface area contributed by atoms with Crippen molar-refractivity contribution in [2.75, 3.05) is 0 Å². The second-order valence-corrected chi connectivity index (χ2v) is 11.7. The Balaban J connectivity index is 1.92. The molecule has 2 aromatic heterocycles. The topological polar surface area (TPSA) is 202 Å². The number of aromatic amines is 1. The summed E-state index contributed by atoms with van der Waals surface area (Å²) in [5, 5.41) is 37.8. The second kappa shape index (κ2) is 10.9. The summed E-state index contributed by atoms with van der Waals surface area (Å²) in [7, 11) is -4.52. The number of aliphatic hydroxyl groups excluding tert-OH is 2. The maximum absolute atomic E-state index is 12.9. The summed E-state index contributed by atoms with van der Waals surface area (Å²) in [6.45, 7) is 8.07. The molecule has 0 aliphatic carbocycles. The van der Waals surface area contributed by atoms with Crippen LogP contribution in [0.4, 0.5) is 0 Å². The van der Waals surface area contributed by atoms with Crippen LogP contribution in [0.1, 0.15) is 72.2 Å². The highest BCUT2D eigenvalue weighted by Gasteiger charge is 2.51. The number of nitrogens with one attached hydrogen (secondary N) is 1. The molecule has 6 unspecified atom stereocenters. The van der Waals surface area contributed by atoms with E-state index in [9.17, 15) is 34.4 Å². The normalized spacial score (nSPS) is 25.6. The van der Waals surface area contributed by atoms with Gasteiger partial charge in [0.15, 0.2) is 11.6 Å². The van der Waals surface area contributed by atoms with Crippen molar-refractivity contribution in [2.24, 2.45) is 0 Å². The Hall–Kier alpha value is -2.19. The van der Waals surface area contributed by atoms with E-state index in [4.69, 9.17) is 9.26 Å². The fraction of sp³-hybridized carbons (Fsp3) is 0.727. The van der Waals surface area contributed by atoms with Crippen molar-refractivity contribution >= 4 is 7.60 Å². The summed E-state index contributed by atoms with van der Waals surface area (Å²) in [6.07, 6.45) is -1.99. The summed E-state index contributed by atoms with van der Waals surface area (Å²) < 4.78 is 26.6. The number of aliphatic hydroxyl groups is 3. The van der Waals surface area contributed by atoms with E-state index in [0.717, 1.165) is 10.8 Å². The van der Waals surface area contributed by atoms with E-state index in [-0.39, 0.29) is 31.4 Å². The molecule has 3 rings (SSSR count). The maximum Gasteiger partial charge on any atom is 0.359 e.